The Kier molecular flexibility index (Phi) is 4.76. The van der Waals surface area contributed by atoms with Crippen LogP contribution in [0.5, 0.6) is 0 Å². The molecule has 0 bridgehead atoms. The van der Waals surface area contributed by atoms with Crippen molar-refractivity contribution in [3.63, 3.8) is 0 Å². The number of alkyl halides is 1. The number of halogens is 2. The van der Waals surface area contributed by atoms with Crippen LogP contribution < -0.4 is 0 Å². The Morgan fingerprint density at radius 1 is 1.60 bits per heavy atom. The molecular weight excluding hydrogens is 138 g/mol. The molecule has 3 heteroatoms. The van der Waals surface area contributed by atoms with Gasteiger partial charge in [0.15, 0.2) is 0 Å². The van der Waals surface area contributed by atoms with Crippen molar-refractivity contribution in [3.05, 3.63) is 23.6 Å². The summed E-state index contributed by atoms with van der Waals surface area (Å²) in [6.07, 6.45) is 2.33. The Balaban J connectivity index is 3.98. The van der Waals surface area contributed by atoms with Gasteiger partial charge in [-0.3, -0.25) is 0 Å². The molecule has 0 fully saturated rings. The van der Waals surface area contributed by atoms with Crippen LogP contribution >= 0.6 is 0 Å². The molecule has 0 aromatic rings. The SMILES string of the molecule is CC(=C/CF)/C=C(/F)CO. The van der Waals surface area contributed by atoms with Crippen molar-refractivity contribution in [2.24, 2.45) is 0 Å². The largest absolute Gasteiger partial charge is 0.389 e. The van der Waals surface area contributed by atoms with E-state index in [1.165, 1.54) is 6.08 Å². The van der Waals surface area contributed by atoms with E-state index < -0.39 is 19.1 Å². The standard InChI is InChI=1S/C7H10F2O/c1-6(2-3-8)4-7(9)5-10/h2,4,10H,3,5H2,1H3/b6-2-,7-4+. The zero-order valence-corrected chi connectivity index (χ0v) is 5.77. The molecule has 0 aromatic carbocycles. The van der Waals surface area contributed by atoms with Gasteiger partial charge in [-0.15, -0.1) is 0 Å². The van der Waals surface area contributed by atoms with Crippen LogP contribution in [0.3, 0.4) is 0 Å². The molecule has 0 unspecified atom stereocenters. The molecule has 0 aliphatic heterocycles. The minimum atomic E-state index is -0.651. The van der Waals surface area contributed by atoms with Crippen molar-refractivity contribution in [3.8, 4) is 0 Å². The van der Waals surface area contributed by atoms with Crippen LogP contribution in [0.15, 0.2) is 23.6 Å². The third-order valence-corrected chi connectivity index (χ3v) is 0.934. The summed E-state index contributed by atoms with van der Waals surface area (Å²) in [6, 6.07) is 0. The van der Waals surface area contributed by atoms with E-state index in [1.807, 2.05) is 0 Å². The van der Waals surface area contributed by atoms with E-state index >= 15 is 0 Å². The highest BCUT2D eigenvalue weighted by Gasteiger charge is 1.89. The van der Waals surface area contributed by atoms with Gasteiger partial charge < -0.3 is 5.11 Å². The van der Waals surface area contributed by atoms with E-state index in [2.05, 4.69) is 0 Å². The predicted molar refractivity (Wildman–Crippen MR) is 36.0 cm³/mol. The molecule has 0 aliphatic rings. The lowest BCUT2D eigenvalue weighted by Gasteiger charge is -1.90. The van der Waals surface area contributed by atoms with E-state index in [4.69, 9.17) is 5.11 Å². The Morgan fingerprint density at radius 2 is 2.20 bits per heavy atom. The van der Waals surface area contributed by atoms with Gasteiger partial charge in [-0.05, 0) is 18.6 Å². The van der Waals surface area contributed by atoms with Crippen LogP contribution in [0, 0.1) is 0 Å². The van der Waals surface area contributed by atoms with E-state index in [9.17, 15) is 8.78 Å². The maximum atomic E-state index is 12.2. The van der Waals surface area contributed by atoms with Crippen molar-refractivity contribution in [2.75, 3.05) is 13.3 Å². The van der Waals surface area contributed by atoms with Crippen molar-refractivity contribution in [1.82, 2.24) is 0 Å². The Labute approximate surface area is 58.7 Å². The molecule has 0 heterocycles. The molecule has 10 heavy (non-hydrogen) atoms. The second kappa shape index (κ2) is 5.11. The van der Waals surface area contributed by atoms with Gasteiger partial charge in [-0.2, -0.15) is 0 Å². The van der Waals surface area contributed by atoms with Gasteiger partial charge in [0.25, 0.3) is 0 Å². The molecule has 0 amide bonds. The zero-order chi connectivity index (χ0) is 7.98. The number of aliphatic hydroxyl groups is 1. The summed E-state index contributed by atoms with van der Waals surface area (Å²) in [4.78, 5) is 0. The monoisotopic (exact) mass is 148 g/mol. The highest BCUT2D eigenvalue weighted by Crippen LogP contribution is 2.01. The van der Waals surface area contributed by atoms with Gasteiger partial charge in [0.1, 0.15) is 12.5 Å². The van der Waals surface area contributed by atoms with Gasteiger partial charge in [0.05, 0.1) is 6.61 Å². The van der Waals surface area contributed by atoms with Gasteiger partial charge in [-0.25, -0.2) is 8.78 Å². The van der Waals surface area contributed by atoms with E-state index in [1.54, 1.807) is 6.92 Å². The molecule has 0 saturated carbocycles. The van der Waals surface area contributed by atoms with Crippen molar-refractivity contribution in [1.29, 1.82) is 0 Å². The van der Waals surface area contributed by atoms with Crippen LogP contribution in [0.1, 0.15) is 6.92 Å². The van der Waals surface area contributed by atoms with E-state index in [0.29, 0.717) is 5.57 Å². The van der Waals surface area contributed by atoms with Gasteiger partial charge in [-0.1, -0.05) is 6.08 Å². The summed E-state index contributed by atoms with van der Waals surface area (Å²) < 4.78 is 23.7. The van der Waals surface area contributed by atoms with Crippen LogP contribution in [0.4, 0.5) is 8.78 Å². The van der Waals surface area contributed by atoms with Gasteiger partial charge >= 0.3 is 0 Å². The predicted octanol–water partition coefficient (Wildman–Crippen LogP) is 1.75. The molecule has 0 rings (SSSR count). The third-order valence-electron chi connectivity index (χ3n) is 0.934. The zero-order valence-electron chi connectivity index (χ0n) is 5.77. The summed E-state index contributed by atoms with van der Waals surface area (Å²) in [5.41, 5.74) is 0.481. The summed E-state index contributed by atoms with van der Waals surface area (Å²) >= 11 is 0. The minimum Gasteiger partial charge on any atom is -0.389 e. The fourth-order valence-corrected chi connectivity index (χ4v) is 0.473. The quantitative estimate of drug-likeness (QED) is 0.604. The van der Waals surface area contributed by atoms with Crippen LogP contribution in [-0.2, 0) is 0 Å². The summed E-state index contributed by atoms with van der Waals surface area (Å²) in [7, 11) is 0. The Hall–Kier alpha value is -0.700. The number of hydrogen-bond donors (Lipinski definition) is 1. The van der Waals surface area contributed by atoms with Crippen molar-refractivity contribution in [2.45, 2.75) is 6.92 Å². The lowest BCUT2D eigenvalue weighted by molar-refractivity contribution is 0.298. The molecule has 58 valence electrons. The summed E-state index contributed by atoms with van der Waals surface area (Å²) in [5.74, 6) is -0.651. The third kappa shape index (κ3) is 4.21. The first-order valence-electron chi connectivity index (χ1n) is 2.90. The first-order chi connectivity index (χ1) is 4.70. The normalized spacial score (nSPS) is 14.0. The average Bonchev–Trinajstić information content (AvgIpc) is 1.88. The topological polar surface area (TPSA) is 20.2 Å². The molecule has 1 N–H and O–H groups in total. The molecule has 0 spiro atoms. The lowest BCUT2D eigenvalue weighted by Crippen LogP contribution is -1.82. The second-order valence-electron chi connectivity index (χ2n) is 1.85. The first-order valence-corrected chi connectivity index (χ1v) is 2.90. The molecule has 0 saturated heterocycles. The van der Waals surface area contributed by atoms with E-state index in [-0.39, 0.29) is 0 Å². The fraction of sp³-hybridized carbons (Fsp3) is 0.429. The number of rotatable bonds is 3. The lowest BCUT2D eigenvalue weighted by atomic mass is 10.2. The molecule has 0 aliphatic carbocycles. The van der Waals surface area contributed by atoms with Crippen molar-refractivity contribution < 1.29 is 13.9 Å². The highest BCUT2D eigenvalue weighted by molar-refractivity contribution is 5.18. The van der Waals surface area contributed by atoms with Gasteiger partial charge in [0, 0.05) is 0 Å². The van der Waals surface area contributed by atoms with Crippen LogP contribution in [-0.4, -0.2) is 18.4 Å². The first kappa shape index (κ1) is 9.30. The maximum Gasteiger partial charge on any atom is 0.126 e. The molecular formula is C7H10F2O. The summed E-state index contributed by atoms with van der Waals surface area (Å²) in [5, 5.41) is 8.19. The van der Waals surface area contributed by atoms with Crippen molar-refractivity contribution >= 4 is 0 Å². The average molecular weight is 148 g/mol. The van der Waals surface area contributed by atoms with Gasteiger partial charge in [0.2, 0.25) is 0 Å². The molecule has 0 aromatic heterocycles. The Bertz CT molecular complexity index is 150. The maximum absolute atomic E-state index is 12.2. The number of hydrogen-bond acceptors (Lipinski definition) is 1. The van der Waals surface area contributed by atoms with Crippen LogP contribution in [0.25, 0.3) is 0 Å². The fourth-order valence-electron chi connectivity index (χ4n) is 0.473. The Morgan fingerprint density at radius 3 is 2.60 bits per heavy atom. The molecule has 1 nitrogen and oxygen atoms in total. The second-order valence-corrected chi connectivity index (χ2v) is 1.85. The number of allylic oxidation sites excluding steroid dienone is 3. The van der Waals surface area contributed by atoms with Crippen LogP contribution in [0.2, 0.25) is 0 Å². The van der Waals surface area contributed by atoms with E-state index in [0.717, 1.165) is 6.08 Å². The number of aliphatic hydroxyl groups excluding tert-OH is 1. The summed E-state index contributed by atoms with van der Waals surface area (Å²) in [6.45, 7) is 0.327. The highest BCUT2D eigenvalue weighted by atomic mass is 19.1. The molecule has 0 atom stereocenters. The molecule has 0 radical (unpaired) electrons. The minimum absolute atomic E-state index is 0.481. The smallest absolute Gasteiger partial charge is 0.126 e.